The lowest BCUT2D eigenvalue weighted by Crippen LogP contribution is -2.35. The third-order valence-electron chi connectivity index (χ3n) is 4.44. The lowest BCUT2D eigenvalue weighted by Gasteiger charge is -2.27. The Labute approximate surface area is 156 Å². The van der Waals surface area contributed by atoms with Gasteiger partial charge in [-0.3, -0.25) is 14.3 Å². The van der Waals surface area contributed by atoms with Crippen LogP contribution >= 0.6 is 0 Å². The highest BCUT2D eigenvalue weighted by Crippen LogP contribution is 2.29. The minimum absolute atomic E-state index is 0.0877. The zero-order valence-corrected chi connectivity index (χ0v) is 14.8. The van der Waals surface area contributed by atoms with Gasteiger partial charge in [0.2, 0.25) is 5.91 Å². The molecule has 1 aliphatic heterocycles. The summed E-state index contributed by atoms with van der Waals surface area (Å²) in [6, 6.07) is 14.8. The Morgan fingerprint density at radius 1 is 1.22 bits per heavy atom. The summed E-state index contributed by atoms with van der Waals surface area (Å²) in [5.41, 5.74) is 3.84. The average Bonchev–Trinajstić information content (AvgIpc) is 3.15. The van der Waals surface area contributed by atoms with Crippen LogP contribution < -0.4 is 15.5 Å². The molecule has 136 valence electrons. The minimum atomic E-state index is -0.222. The van der Waals surface area contributed by atoms with Crippen LogP contribution in [0.5, 0.6) is 0 Å². The fourth-order valence-electron chi connectivity index (χ4n) is 3.08. The molecule has 0 radical (unpaired) electrons. The molecule has 2 amide bonds. The van der Waals surface area contributed by atoms with Crippen LogP contribution in [0.15, 0.2) is 60.9 Å². The van der Waals surface area contributed by atoms with Gasteiger partial charge in [-0.2, -0.15) is 5.10 Å². The summed E-state index contributed by atoms with van der Waals surface area (Å²) in [5.74, 6) is -0.310. The quantitative estimate of drug-likeness (QED) is 0.749. The Bertz CT molecular complexity index is 980. The van der Waals surface area contributed by atoms with E-state index in [1.165, 1.54) is 0 Å². The number of benzene rings is 2. The molecule has 7 heteroatoms. The zero-order chi connectivity index (χ0) is 18.8. The van der Waals surface area contributed by atoms with Crippen LogP contribution in [0.2, 0.25) is 0 Å². The highest BCUT2D eigenvalue weighted by atomic mass is 16.2. The number of aromatic nitrogens is 2. The predicted octanol–water partition coefficient (Wildman–Crippen LogP) is 2.57. The first-order valence-electron chi connectivity index (χ1n) is 8.61. The molecule has 0 unspecified atom stereocenters. The van der Waals surface area contributed by atoms with Crippen LogP contribution in [-0.4, -0.2) is 35.2 Å². The van der Waals surface area contributed by atoms with E-state index >= 15 is 0 Å². The molecule has 27 heavy (non-hydrogen) atoms. The number of carbonyl (C=O) groups is 2. The summed E-state index contributed by atoms with van der Waals surface area (Å²) in [7, 11) is 1.85. The van der Waals surface area contributed by atoms with Crippen molar-refractivity contribution in [1.82, 2.24) is 9.78 Å². The summed E-state index contributed by atoms with van der Waals surface area (Å²) in [4.78, 5) is 26.1. The number of anilines is 3. The number of hydrogen-bond donors (Lipinski definition) is 2. The van der Waals surface area contributed by atoms with Gasteiger partial charge >= 0.3 is 0 Å². The Morgan fingerprint density at radius 3 is 2.78 bits per heavy atom. The van der Waals surface area contributed by atoms with Crippen molar-refractivity contribution in [2.75, 3.05) is 29.1 Å². The fraction of sp³-hybridized carbons (Fsp3) is 0.150. The summed E-state index contributed by atoms with van der Waals surface area (Å²) in [5, 5.41) is 9.88. The highest BCUT2D eigenvalue weighted by molar-refractivity contribution is 6.07. The number of nitrogens with one attached hydrogen (secondary N) is 2. The van der Waals surface area contributed by atoms with Crippen molar-refractivity contribution >= 4 is 28.9 Å². The molecular weight excluding hydrogens is 342 g/mol. The first-order chi connectivity index (χ1) is 13.1. The lowest BCUT2D eigenvalue weighted by molar-refractivity contribution is -0.115. The number of nitrogens with zero attached hydrogens (tertiary/aromatic N) is 3. The molecule has 0 atom stereocenters. The maximum Gasteiger partial charge on any atom is 0.255 e. The van der Waals surface area contributed by atoms with Crippen molar-refractivity contribution in [1.29, 1.82) is 0 Å². The van der Waals surface area contributed by atoms with Crippen LogP contribution in [-0.2, 0) is 11.3 Å². The third kappa shape index (κ3) is 3.67. The Morgan fingerprint density at radius 2 is 2.04 bits per heavy atom. The monoisotopic (exact) mass is 361 g/mol. The minimum Gasteiger partial charge on any atom is -0.364 e. The van der Waals surface area contributed by atoms with E-state index in [1.54, 1.807) is 18.3 Å². The summed E-state index contributed by atoms with van der Waals surface area (Å²) < 4.78 is 1.84. The third-order valence-corrected chi connectivity index (χ3v) is 4.44. The summed E-state index contributed by atoms with van der Waals surface area (Å²) in [6.07, 6.45) is 3.65. The van der Waals surface area contributed by atoms with Crippen molar-refractivity contribution < 1.29 is 9.59 Å². The molecule has 0 saturated heterocycles. The van der Waals surface area contributed by atoms with Gasteiger partial charge in [-0.1, -0.05) is 12.1 Å². The van der Waals surface area contributed by atoms with Gasteiger partial charge in [0.05, 0.1) is 24.5 Å². The number of hydrogen-bond acceptors (Lipinski definition) is 4. The van der Waals surface area contributed by atoms with Crippen molar-refractivity contribution in [2.24, 2.45) is 0 Å². The van der Waals surface area contributed by atoms with Crippen molar-refractivity contribution in [3.05, 3.63) is 72.1 Å². The second-order valence-corrected chi connectivity index (χ2v) is 6.49. The van der Waals surface area contributed by atoms with Gasteiger partial charge in [-0.05, 0) is 42.0 Å². The Kier molecular flexibility index (Phi) is 4.33. The first-order valence-corrected chi connectivity index (χ1v) is 8.61. The molecular formula is C20H19N5O2. The van der Waals surface area contributed by atoms with Gasteiger partial charge in [-0.25, -0.2) is 0 Å². The fourth-order valence-corrected chi connectivity index (χ4v) is 3.08. The second kappa shape index (κ2) is 6.95. The van der Waals surface area contributed by atoms with Crippen molar-refractivity contribution in [3.63, 3.8) is 0 Å². The van der Waals surface area contributed by atoms with E-state index < -0.39 is 0 Å². The number of amides is 2. The van der Waals surface area contributed by atoms with E-state index in [4.69, 9.17) is 0 Å². The van der Waals surface area contributed by atoms with Crippen LogP contribution in [0, 0.1) is 0 Å². The van der Waals surface area contributed by atoms with Crippen LogP contribution in [0.4, 0.5) is 17.1 Å². The molecule has 2 heterocycles. The van der Waals surface area contributed by atoms with Gasteiger partial charge in [0.25, 0.3) is 5.91 Å². The SMILES string of the molecule is CN1CC(=O)Nc2cc(C(=O)Nc3ccc(Cn4cccn4)cc3)ccc21. The van der Waals surface area contributed by atoms with Crippen molar-refractivity contribution in [3.8, 4) is 0 Å². The van der Waals surface area contributed by atoms with E-state index in [9.17, 15) is 9.59 Å². The molecule has 0 fully saturated rings. The topological polar surface area (TPSA) is 79.3 Å². The van der Waals surface area contributed by atoms with Gasteiger partial charge in [0.1, 0.15) is 0 Å². The molecule has 4 rings (SSSR count). The Balaban J connectivity index is 1.46. The maximum absolute atomic E-state index is 12.6. The first kappa shape index (κ1) is 16.8. The van der Waals surface area contributed by atoms with Gasteiger partial charge in [-0.15, -0.1) is 0 Å². The molecule has 1 aliphatic rings. The number of rotatable bonds is 4. The standard InChI is InChI=1S/C20H19N5O2/c1-24-13-19(26)23-17-11-15(5-8-18(17)24)20(27)22-16-6-3-14(4-7-16)12-25-10-2-9-21-25/h2-11H,12-13H2,1H3,(H,22,27)(H,23,26). The molecule has 3 aromatic rings. The smallest absolute Gasteiger partial charge is 0.255 e. The normalized spacial score (nSPS) is 13.1. The molecule has 7 nitrogen and oxygen atoms in total. The van der Waals surface area contributed by atoms with Crippen molar-refractivity contribution in [2.45, 2.75) is 6.54 Å². The predicted molar refractivity (Wildman–Crippen MR) is 104 cm³/mol. The second-order valence-electron chi connectivity index (χ2n) is 6.49. The number of fused-ring (bicyclic) bond motifs is 1. The largest absolute Gasteiger partial charge is 0.364 e. The number of carbonyl (C=O) groups excluding carboxylic acids is 2. The molecule has 0 saturated carbocycles. The van der Waals surface area contributed by atoms with Crippen LogP contribution in [0.1, 0.15) is 15.9 Å². The average molecular weight is 361 g/mol. The molecule has 0 spiro atoms. The summed E-state index contributed by atoms with van der Waals surface area (Å²) in [6.45, 7) is 0.989. The van der Waals surface area contributed by atoms with E-state index in [0.717, 1.165) is 11.3 Å². The van der Waals surface area contributed by atoms with E-state index in [0.29, 0.717) is 30.0 Å². The maximum atomic E-state index is 12.6. The molecule has 1 aromatic heterocycles. The Hall–Kier alpha value is -3.61. The summed E-state index contributed by atoms with van der Waals surface area (Å²) >= 11 is 0. The van der Waals surface area contributed by atoms with Gasteiger partial charge in [0.15, 0.2) is 0 Å². The molecule has 2 N–H and O–H groups in total. The molecule has 2 aromatic carbocycles. The van der Waals surface area contributed by atoms with E-state index in [-0.39, 0.29) is 11.8 Å². The lowest BCUT2D eigenvalue weighted by atomic mass is 10.1. The highest BCUT2D eigenvalue weighted by Gasteiger charge is 2.20. The van der Waals surface area contributed by atoms with E-state index in [1.807, 2.05) is 59.2 Å². The zero-order valence-electron chi connectivity index (χ0n) is 14.8. The van der Waals surface area contributed by atoms with Gasteiger partial charge in [0, 0.05) is 30.7 Å². The molecule has 0 bridgehead atoms. The molecule has 0 aliphatic carbocycles. The van der Waals surface area contributed by atoms with Crippen LogP contribution in [0.3, 0.4) is 0 Å². The van der Waals surface area contributed by atoms with Gasteiger partial charge < -0.3 is 15.5 Å². The van der Waals surface area contributed by atoms with E-state index in [2.05, 4.69) is 15.7 Å². The number of likely N-dealkylation sites (N-methyl/N-ethyl adjacent to an activating group) is 1. The van der Waals surface area contributed by atoms with Crippen LogP contribution in [0.25, 0.3) is 0 Å².